The maximum Gasteiger partial charge on any atom is 0.293 e. The summed E-state index contributed by atoms with van der Waals surface area (Å²) >= 11 is 0. The monoisotopic (exact) mass is 290 g/mol. The highest BCUT2D eigenvalue weighted by atomic mass is 16.6. The van der Waals surface area contributed by atoms with E-state index in [-0.39, 0.29) is 17.2 Å². The number of nitro benzene ring substituents is 1. The lowest BCUT2D eigenvalue weighted by Crippen LogP contribution is -2.33. The molecular formula is C13H14N4O4. The van der Waals surface area contributed by atoms with Gasteiger partial charge in [-0.15, -0.1) is 0 Å². The van der Waals surface area contributed by atoms with Gasteiger partial charge in [-0.3, -0.25) is 14.9 Å². The molecule has 1 aliphatic carbocycles. The van der Waals surface area contributed by atoms with Crippen LogP contribution in [-0.2, 0) is 0 Å². The van der Waals surface area contributed by atoms with Gasteiger partial charge in [0.25, 0.3) is 11.2 Å². The zero-order valence-corrected chi connectivity index (χ0v) is 11.1. The van der Waals surface area contributed by atoms with E-state index < -0.39 is 10.5 Å². The fraction of sp³-hybridized carbons (Fsp3) is 0.385. The molecule has 0 bridgehead atoms. The summed E-state index contributed by atoms with van der Waals surface area (Å²) in [4.78, 5) is 28.7. The Bertz CT molecular complexity index is 751. The van der Waals surface area contributed by atoms with Gasteiger partial charge in [-0.25, -0.2) is 4.98 Å². The molecule has 1 heterocycles. The van der Waals surface area contributed by atoms with Crippen LogP contribution in [0.4, 0.5) is 11.4 Å². The van der Waals surface area contributed by atoms with Crippen molar-refractivity contribution < 1.29 is 10.0 Å². The summed E-state index contributed by atoms with van der Waals surface area (Å²) < 4.78 is 0. The van der Waals surface area contributed by atoms with E-state index in [1.165, 1.54) is 18.5 Å². The van der Waals surface area contributed by atoms with E-state index in [1.807, 2.05) is 0 Å². The van der Waals surface area contributed by atoms with E-state index in [2.05, 4.69) is 15.3 Å². The highest BCUT2D eigenvalue weighted by Crippen LogP contribution is 2.31. The SMILES string of the molecule is O=c1[nH]cnc2cc(NCC3CC(O)C3)c([N+](=O)[O-])cc12. The largest absolute Gasteiger partial charge is 0.393 e. The summed E-state index contributed by atoms with van der Waals surface area (Å²) in [6.07, 6.45) is 2.41. The minimum Gasteiger partial charge on any atom is -0.393 e. The Morgan fingerprint density at radius 1 is 1.48 bits per heavy atom. The molecule has 21 heavy (non-hydrogen) atoms. The van der Waals surface area contributed by atoms with Crippen molar-refractivity contribution in [3.63, 3.8) is 0 Å². The van der Waals surface area contributed by atoms with Crippen molar-refractivity contribution in [1.82, 2.24) is 9.97 Å². The Morgan fingerprint density at radius 2 is 2.24 bits per heavy atom. The Morgan fingerprint density at radius 3 is 2.90 bits per heavy atom. The third kappa shape index (κ3) is 2.57. The summed E-state index contributed by atoms with van der Waals surface area (Å²) in [6.45, 7) is 0.548. The Kier molecular flexibility index (Phi) is 3.30. The predicted octanol–water partition coefficient (Wildman–Crippen LogP) is 1.01. The first-order valence-corrected chi connectivity index (χ1v) is 6.62. The number of nitrogens with zero attached hydrogens (tertiary/aromatic N) is 2. The molecule has 0 amide bonds. The molecule has 0 saturated heterocycles. The van der Waals surface area contributed by atoms with Crippen LogP contribution in [0.25, 0.3) is 10.9 Å². The molecule has 3 rings (SSSR count). The molecule has 1 aromatic heterocycles. The average Bonchev–Trinajstić information content (AvgIpc) is 2.41. The van der Waals surface area contributed by atoms with Crippen LogP contribution in [0.15, 0.2) is 23.3 Å². The van der Waals surface area contributed by atoms with Crippen molar-refractivity contribution in [3.05, 3.63) is 38.9 Å². The minimum atomic E-state index is -0.524. The highest BCUT2D eigenvalue weighted by Gasteiger charge is 2.27. The van der Waals surface area contributed by atoms with Crippen molar-refractivity contribution in [2.24, 2.45) is 5.92 Å². The van der Waals surface area contributed by atoms with Gasteiger partial charge in [0.2, 0.25) is 0 Å². The number of aromatic nitrogens is 2. The lowest BCUT2D eigenvalue weighted by molar-refractivity contribution is -0.383. The number of aromatic amines is 1. The van der Waals surface area contributed by atoms with Gasteiger partial charge < -0.3 is 15.4 Å². The molecule has 0 aliphatic heterocycles. The molecule has 110 valence electrons. The van der Waals surface area contributed by atoms with Gasteiger partial charge in [0, 0.05) is 12.6 Å². The summed E-state index contributed by atoms with van der Waals surface area (Å²) in [6, 6.07) is 2.75. The molecule has 8 heteroatoms. The summed E-state index contributed by atoms with van der Waals surface area (Å²) in [7, 11) is 0. The molecule has 0 atom stereocenters. The fourth-order valence-corrected chi connectivity index (χ4v) is 2.52. The Balaban J connectivity index is 1.94. The van der Waals surface area contributed by atoms with E-state index in [4.69, 9.17) is 0 Å². The Hall–Kier alpha value is -2.48. The van der Waals surface area contributed by atoms with Gasteiger partial charge in [-0.1, -0.05) is 0 Å². The van der Waals surface area contributed by atoms with Crippen LogP contribution in [0.5, 0.6) is 0 Å². The predicted molar refractivity (Wildman–Crippen MR) is 76.2 cm³/mol. The van der Waals surface area contributed by atoms with Gasteiger partial charge in [0.15, 0.2) is 0 Å². The van der Waals surface area contributed by atoms with E-state index >= 15 is 0 Å². The zero-order valence-electron chi connectivity index (χ0n) is 11.1. The third-order valence-corrected chi connectivity index (χ3v) is 3.75. The van der Waals surface area contributed by atoms with Crippen LogP contribution >= 0.6 is 0 Å². The molecular weight excluding hydrogens is 276 g/mol. The summed E-state index contributed by atoms with van der Waals surface area (Å²) in [5.74, 6) is 0.308. The number of hydrogen-bond donors (Lipinski definition) is 3. The van der Waals surface area contributed by atoms with Crippen LogP contribution in [0.1, 0.15) is 12.8 Å². The number of anilines is 1. The lowest BCUT2D eigenvalue weighted by Gasteiger charge is -2.31. The average molecular weight is 290 g/mol. The van der Waals surface area contributed by atoms with Crippen LogP contribution in [0.2, 0.25) is 0 Å². The van der Waals surface area contributed by atoms with E-state index in [9.17, 15) is 20.0 Å². The van der Waals surface area contributed by atoms with Gasteiger partial charge in [-0.2, -0.15) is 0 Å². The quantitative estimate of drug-likeness (QED) is 0.571. The number of rotatable bonds is 4. The van der Waals surface area contributed by atoms with Crippen molar-refractivity contribution in [1.29, 1.82) is 0 Å². The number of hydrogen-bond acceptors (Lipinski definition) is 6. The van der Waals surface area contributed by atoms with Crippen molar-refractivity contribution in [2.75, 3.05) is 11.9 Å². The maximum absolute atomic E-state index is 11.7. The molecule has 8 nitrogen and oxygen atoms in total. The third-order valence-electron chi connectivity index (χ3n) is 3.75. The second-order valence-corrected chi connectivity index (χ2v) is 5.25. The smallest absolute Gasteiger partial charge is 0.293 e. The van der Waals surface area contributed by atoms with Crippen molar-refractivity contribution in [2.45, 2.75) is 18.9 Å². The lowest BCUT2D eigenvalue weighted by atomic mass is 9.82. The first-order valence-electron chi connectivity index (χ1n) is 6.62. The van der Waals surface area contributed by atoms with Gasteiger partial charge in [0.1, 0.15) is 5.69 Å². The van der Waals surface area contributed by atoms with Gasteiger partial charge in [-0.05, 0) is 24.8 Å². The van der Waals surface area contributed by atoms with E-state index in [0.29, 0.717) is 36.5 Å². The minimum absolute atomic E-state index is 0.152. The number of nitro groups is 1. The Labute approximate surface area is 119 Å². The van der Waals surface area contributed by atoms with E-state index in [1.54, 1.807) is 0 Å². The number of benzene rings is 1. The first kappa shape index (κ1) is 13.5. The molecule has 0 unspecified atom stereocenters. The van der Waals surface area contributed by atoms with Crippen molar-refractivity contribution in [3.8, 4) is 0 Å². The molecule has 1 aliphatic rings. The number of fused-ring (bicyclic) bond motifs is 1. The second-order valence-electron chi connectivity index (χ2n) is 5.25. The number of aliphatic hydroxyl groups excluding tert-OH is 1. The molecule has 1 aromatic carbocycles. The summed E-state index contributed by atoms with van der Waals surface area (Å²) in [5.41, 5.74) is 0.185. The maximum atomic E-state index is 11.7. The normalized spacial score (nSPS) is 21.0. The number of aliphatic hydroxyl groups is 1. The summed E-state index contributed by atoms with van der Waals surface area (Å²) in [5, 5.41) is 23.6. The number of H-pyrrole nitrogens is 1. The van der Waals surface area contributed by atoms with Gasteiger partial charge in [0.05, 0.1) is 28.3 Å². The molecule has 3 N–H and O–H groups in total. The van der Waals surface area contributed by atoms with Crippen LogP contribution in [0.3, 0.4) is 0 Å². The second kappa shape index (κ2) is 5.13. The molecule has 0 radical (unpaired) electrons. The molecule has 2 aromatic rings. The zero-order chi connectivity index (χ0) is 15.0. The standard InChI is InChI=1S/C13H14N4O4/c18-8-1-7(2-8)5-14-11-4-10-9(3-12(11)17(20)21)13(19)16-6-15-10/h3-4,6-8,14,18H,1-2,5H2,(H,15,16,19). The van der Waals surface area contributed by atoms with Crippen molar-refractivity contribution >= 4 is 22.3 Å². The first-order chi connectivity index (χ1) is 10.0. The van der Waals surface area contributed by atoms with Crippen LogP contribution in [0, 0.1) is 16.0 Å². The van der Waals surface area contributed by atoms with E-state index in [0.717, 1.165) is 0 Å². The van der Waals surface area contributed by atoms with Crippen LogP contribution in [-0.4, -0.2) is 32.6 Å². The highest BCUT2D eigenvalue weighted by molar-refractivity contribution is 5.86. The molecule has 1 saturated carbocycles. The van der Waals surface area contributed by atoms with Crippen LogP contribution < -0.4 is 10.9 Å². The molecule has 1 fully saturated rings. The fourth-order valence-electron chi connectivity index (χ4n) is 2.52. The van der Waals surface area contributed by atoms with Gasteiger partial charge >= 0.3 is 0 Å². The molecule has 0 spiro atoms. The topological polar surface area (TPSA) is 121 Å². The number of nitrogens with one attached hydrogen (secondary N) is 2.